The quantitative estimate of drug-likeness (QED) is 0.443. The Morgan fingerprint density at radius 1 is 1.11 bits per heavy atom. The first kappa shape index (κ1) is 25.4. The number of ether oxygens (including phenoxy) is 1. The van der Waals surface area contributed by atoms with Crippen LogP contribution in [-0.2, 0) is 14.6 Å². The van der Waals surface area contributed by atoms with Crippen LogP contribution in [0.2, 0.25) is 0 Å². The van der Waals surface area contributed by atoms with E-state index < -0.39 is 9.84 Å². The highest BCUT2D eigenvalue weighted by Crippen LogP contribution is 2.34. The zero-order chi connectivity index (χ0) is 24.8. The van der Waals surface area contributed by atoms with Gasteiger partial charge >= 0.3 is 0 Å². The van der Waals surface area contributed by atoms with Crippen molar-refractivity contribution in [2.75, 3.05) is 56.5 Å². The maximum absolute atomic E-state index is 12.4. The van der Waals surface area contributed by atoms with Crippen molar-refractivity contribution in [1.82, 2.24) is 15.2 Å². The fourth-order valence-corrected chi connectivity index (χ4v) is 6.29. The molecule has 0 saturated carbocycles. The summed E-state index contributed by atoms with van der Waals surface area (Å²) in [5.41, 5.74) is 1.92. The standard InChI is InChI=1S/C25H32N4O4S2/c1-3-33-21-5-4-6-22-24(21)27-25(34-22)29-16-14-28(15-17-29)13-12-26-23(30)11-18-35(31,32)20-9-7-19(2)8-10-20/h4-10H,3,11-18H2,1-2H3,(H,26,30). The number of nitrogens with zero attached hydrogens (tertiary/aromatic N) is 3. The van der Waals surface area contributed by atoms with Gasteiger partial charge in [-0.15, -0.1) is 0 Å². The third-order valence-corrected chi connectivity index (χ3v) is 8.85. The second-order valence-electron chi connectivity index (χ2n) is 8.59. The first-order valence-corrected chi connectivity index (χ1v) is 14.4. The first-order valence-electron chi connectivity index (χ1n) is 11.9. The van der Waals surface area contributed by atoms with Gasteiger partial charge in [0.1, 0.15) is 11.3 Å². The predicted molar refractivity (Wildman–Crippen MR) is 140 cm³/mol. The van der Waals surface area contributed by atoms with Gasteiger partial charge in [0.15, 0.2) is 15.0 Å². The Bertz CT molecular complexity index is 1250. The highest BCUT2D eigenvalue weighted by molar-refractivity contribution is 7.91. The number of carbonyl (C=O) groups excluding carboxylic acids is 1. The molecular weight excluding hydrogens is 484 g/mol. The van der Waals surface area contributed by atoms with Crippen molar-refractivity contribution >= 4 is 42.4 Å². The van der Waals surface area contributed by atoms with E-state index in [-0.39, 0.29) is 23.0 Å². The number of aromatic nitrogens is 1. The summed E-state index contributed by atoms with van der Waals surface area (Å²) in [6.07, 6.45) is -0.0364. The molecule has 3 aromatic rings. The van der Waals surface area contributed by atoms with Crippen molar-refractivity contribution < 1.29 is 17.9 Å². The Balaban J connectivity index is 1.19. The molecule has 188 valence electrons. The van der Waals surface area contributed by atoms with Crippen molar-refractivity contribution in [3.63, 3.8) is 0 Å². The monoisotopic (exact) mass is 516 g/mol. The van der Waals surface area contributed by atoms with Gasteiger partial charge < -0.3 is 15.0 Å². The Morgan fingerprint density at radius 3 is 2.57 bits per heavy atom. The molecular formula is C25H32N4O4S2. The summed E-state index contributed by atoms with van der Waals surface area (Å²) < 4.78 is 31.7. The predicted octanol–water partition coefficient (Wildman–Crippen LogP) is 3.11. The Morgan fingerprint density at radius 2 is 1.86 bits per heavy atom. The molecule has 8 nitrogen and oxygen atoms in total. The molecule has 2 heterocycles. The molecule has 2 aromatic carbocycles. The number of carbonyl (C=O) groups is 1. The van der Waals surface area contributed by atoms with E-state index in [0.717, 1.165) is 59.4 Å². The molecule has 0 unspecified atom stereocenters. The average molecular weight is 517 g/mol. The minimum atomic E-state index is -3.46. The lowest BCUT2D eigenvalue weighted by atomic mass is 10.2. The van der Waals surface area contributed by atoms with E-state index >= 15 is 0 Å². The van der Waals surface area contributed by atoms with Crippen molar-refractivity contribution in [1.29, 1.82) is 0 Å². The van der Waals surface area contributed by atoms with Gasteiger partial charge in [-0.05, 0) is 38.1 Å². The third kappa shape index (κ3) is 6.50. The number of piperazine rings is 1. The topological polar surface area (TPSA) is 91.8 Å². The molecule has 0 spiro atoms. The Hall–Kier alpha value is -2.69. The highest BCUT2D eigenvalue weighted by Gasteiger charge is 2.21. The van der Waals surface area contributed by atoms with Crippen LogP contribution < -0.4 is 15.0 Å². The zero-order valence-corrected chi connectivity index (χ0v) is 21.8. The number of amides is 1. The second kappa shape index (κ2) is 11.4. The largest absolute Gasteiger partial charge is 0.492 e. The smallest absolute Gasteiger partial charge is 0.221 e. The van der Waals surface area contributed by atoms with Crippen LogP contribution in [0.5, 0.6) is 5.75 Å². The molecule has 1 aromatic heterocycles. The lowest BCUT2D eigenvalue weighted by molar-refractivity contribution is -0.120. The summed E-state index contributed by atoms with van der Waals surface area (Å²) >= 11 is 1.68. The molecule has 1 fully saturated rings. The second-order valence-corrected chi connectivity index (χ2v) is 11.7. The molecule has 1 aliphatic heterocycles. The maximum atomic E-state index is 12.4. The van der Waals surface area contributed by atoms with Crippen LogP contribution in [0.3, 0.4) is 0 Å². The van der Waals surface area contributed by atoms with Gasteiger partial charge in [-0.2, -0.15) is 0 Å². The van der Waals surface area contributed by atoms with E-state index in [1.54, 1.807) is 35.6 Å². The normalized spacial score (nSPS) is 14.9. The van der Waals surface area contributed by atoms with E-state index in [9.17, 15) is 13.2 Å². The number of aryl methyl sites for hydroxylation is 1. The van der Waals surface area contributed by atoms with E-state index in [1.165, 1.54) is 0 Å². The highest BCUT2D eigenvalue weighted by atomic mass is 32.2. The molecule has 10 heteroatoms. The van der Waals surface area contributed by atoms with Gasteiger partial charge in [0.05, 0.1) is 22.0 Å². The molecule has 0 aliphatic carbocycles. The third-order valence-electron chi connectivity index (χ3n) is 6.04. The maximum Gasteiger partial charge on any atom is 0.221 e. The molecule has 0 atom stereocenters. The summed E-state index contributed by atoms with van der Waals surface area (Å²) in [6, 6.07) is 12.7. The lowest BCUT2D eigenvalue weighted by Gasteiger charge is -2.34. The average Bonchev–Trinajstić information content (AvgIpc) is 3.29. The van der Waals surface area contributed by atoms with Gasteiger partial charge in [-0.25, -0.2) is 13.4 Å². The molecule has 1 amide bonds. The van der Waals surface area contributed by atoms with Crippen LogP contribution in [0, 0.1) is 6.92 Å². The Kier molecular flexibility index (Phi) is 8.25. The van der Waals surface area contributed by atoms with Crippen LogP contribution in [0.4, 0.5) is 5.13 Å². The van der Waals surface area contributed by atoms with E-state index in [1.807, 2.05) is 26.0 Å². The fourth-order valence-electron chi connectivity index (χ4n) is 4.01. The van der Waals surface area contributed by atoms with Crippen molar-refractivity contribution in [3.05, 3.63) is 48.0 Å². The van der Waals surface area contributed by atoms with Gasteiger partial charge in [0, 0.05) is 45.7 Å². The zero-order valence-electron chi connectivity index (χ0n) is 20.2. The van der Waals surface area contributed by atoms with Crippen LogP contribution in [0.1, 0.15) is 18.9 Å². The van der Waals surface area contributed by atoms with Gasteiger partial charge in [-0.1, -0.05) is 35.1 Å². The minimum Gasteiger partial charge on any atom is -0.492 e. The molecule has 0 bridgehead atoms. The van der Waals surface area contributed by atoms with Crippen LogP contribution in [0.25, 0.3) is 10.2 Å². The number of thiazole rings is 1. The molecule has 35 heavy (non-hydrogen) atoms. The molecule has 0 radical (unpaired) electrons. The van der Waals surface area contributed by atoms with Crippen LogP contribution in [0.15, 0.2) is 47.4 Å². The van der Waals surface area contributed by atoms with E-state index in [2.05, 4.69) is 21.2 Å². The number of hydrogen-bond donors (Lipinski definition) is 1. The summed E-state index contributed by atoms with van der Waals surface area (Å²) in [5, 5.41) is 3.87. The molecule has 1 aliphatic rings. The summed E-state index contributed by atoms with van der Waals surface area (Å²) in [7, 11) is -3.46. The van der Waals surface area contributed by atoms with E-state index in [4.69, 9.17) is 9.72 Å². The number of benzene rings is 2. The number of sulfone groups is 1. The van der Waals surface area contributed by atoms with Crippen molar-refractivity contribution in [3.8, 4) is 5.75 Å². The fraction of sp³-hybridized carbons (Fsp3) is 0.440. The number of rotatable bonds is 10. The molecule has 4 rings (SSSR count). The summed E-state index contributed by atoms with van der Waals surface area (Å²) in [5.74, 6) is 0.403. The number of fused-ring (bicyclic) bond motifs is 1. The number of hydrogen-bond acceptors (Lipinski definition) is 8. The molecule has 1 N–H and O–H groups in total. The van der Waals surface area contributed by atoms with E-state index in [0.29, 0.717) is 13.2 Å². The summed E-state index contributed by atoms with van der Waals surface area (Å²) in [6.45, 7) is 9.23. The summed E-state index contributed by atoms with van der Waals surface area (Å²) in [4.78, 5) is 21.9. The lowest BCUT2D eigenvalue weighted by Crippen LogP contribution is -2.48. The number of anilines is 1. The van der Waals surface area contributed by atoms with Gasteiger partial charge in [0.2, 0.25) is 5.91 Å². The van der Waals surface area contributed by atoms with Crippen molar-refractivity contribution in [2.45, 2.75) is 25.2 Å². The van der Waals surface area contributed by atoms with Gasteiger partial charge in [-0.3, -0.25) is 9.69 Å². The van der Waals surface area contributed by atoms with Crippen molar-refractivity contribution in [2.24, 2.45) is 0 Å². The first-order chi connectivity index (χ1) is 16.9. The van der Waals surface area contributed by atoms with Gasteiger partial charge in [0.25, 0.3) is 0 Å². The number of nitrogens with one attached hydrogen (secondary N) is 1. The Labute approximate surface area is 210 Å². The van der Waals surface area contributed by atoms with Crippen LogP contribution >= 0.6 is 11.3 Å². The van der Waals surface area contributed by atoms with Crippen LogP contribution in [-0.4, -0.2) is 75.8 Å². The number of para-hydroxylation sites is 1. The minimum absolute atomic E-state index is 0.0364. The SMILES string of the molecule is CCOc1cccc2sc(N3CCN(CCNC(=O)CCS(=O)(=O)c4ccc(C)cc4)CC3)nc12. The molecule has 1 saturated heterocycles.